The highest BCUT2D eigenvalue weighted by atomic mass is 16.5. The maximum absolute atomic E-state index is 11.4. The average molecular weight is 398 g/mol. The van der Waals surface area contributed by atoms with Gasteiger partial charge in [-0.2, -0.15) is 0 Å². The minimum Gasteiger partial charge on any atom is -0.488 e. The molecule has 0 bridgehead atoms. The highest BCUT2D eigenvalue weighted by Gasteiger charge is 2.27. The van der Waals surface area contributed by atoms with Gasteiger partial charge in [-0.05, 0) is 63.3 Å². The molecule has 1 aliphatic heterocycles. The number of nitrogens with one attached hydrogen (secondary N) is 1. The Balaban J connectivity index is 1.64. The molecule has 0 atom stereocenters. The average Bonchev–Trinajstić information content (AvgIpc) is 2.66. The molecule has 0 unspecified atom stereocenters. The van der Waals surface area contributed by atoms with E-state index in [4.69, 9.17) is 4.74 Å². The molecule has 3 rings (SSSR count). The van der Waals surface area contributed by atoms with Gasteiger partial charge in [0.15, 0.2) is 0 Å². The topological polar surface area (TPSA) is 54.5 Å². The van der Waals surface area contributed by atoms with Crippen LogP contribution in [0.3, 0.4) is 0 Å². The van der Waals surface area contributed by atoms with Crippen molar-refractivity contribution in [3.63, 3.8) is 0 Å². The predicted octanol–water partition coefficient (Wildman–Crippen LogP) is 4.34. The molecule has 1 amide bonds. The Morgan fingerprint density at radius 2 is 2.07 bits per heavy atom. The summed E-state index contributed by atoms with van der Waals surface area (Å²) >= 11 is 0. The van der Waals surface area contributed by atoms with Crippen molar-refractivity contribution in [3.05, 3.63) is 36.0 Å². The van der Waals surface area contributed by atoms with Gasteiger partial charge in [0.1, 0.15) is 17.4 Å². The Morgan fingerprint density at radius 3 is 2.76 bits per heavy atom. The number of ether oxygens (including phenoxy) is 1. The number of carbonyl (C=O) groups is 1. The van der Waals surface area contributed by atoms with E-state index in [0.29, 0.717) is 0 Å². The number of nitrogens with zero attached hydrogens (tertiary/aromatic N) is 2. The Bertz CT molecular complexity index is 826. The van der Waals surface area contributed by atoms with E-state index in [1.54, 1.807) is 6.92 Å². The second-order valence-electron chi connectivity index (χ2n) is 8.93. The molecule has 1 aromatic heterocycles. The van der Waals surface area contributed by atoms with Gasteiger partial charge in [0.2, 0.25) is 5.91 Å². The first kappa shape index (κ1) is 21.6. The van der Waals surface area contributed by atoms with Gasteiger partial charge >= 0.3 is 0 Å². The monoisotopic (exact) mass is 397 g/mol. The van der Waals surface area contributed by atoms with Gasteiger partial charge in [-0.1, -0.05) is 19.4 Å². The Morgan fingerprint density at radius 1 is 1.31 bits per heavy atom. The van der Waals surface area contributed by atoms with Gasteiger partial charge in [0, 0.05) is 43.7 Å². The minimum atomic E-state index is -0.215. The second-order valence-corrected chi connectivity index (χ2v) is 8.93. The summed E-state index contributed by atoms with van der Waals surface area (Å²) < 4.78 is 6.47. The fourth-order valence-electron chi connectivity index (χ4n) is 4.27. The number of aryl methyl sites for hydroxylation is 1. The molecule has 2 heterocycles. The summed E-state index contributed by atoms with van der Waals surface area (Å²) in [4.78, 5) is 18.4. The highest BCUT2D eigenvalue weighted by molar-refractivity contribution is 5.85. The van der Waals surface area contributed by atoms with Crippen LogP contribution in [0.4, 0.5) is 0 Å². The fourth-order valence-corrected chi connectivity index (χ4v) is 4.27. The van der Waals surface area contributed by atoms with E-state index in [1.165, 1.54) is 18.4 Å². The second kappa shape index (κ2) is 9.57. The van der Waals surface area contributed by atoms with Crippen LogP contribution in [0.5, 0.6) is 5.75 Å². The van der Waals surface area contributed by atoms with Crippen molar-refractivity contribution in [1.82, 2.24) is 15.2 Å². The smallest absolute Gasteiger partial charge is 0.217 e. The highest BCUT2D eigenvalue weighted by Crippen LogP contribution is 2.29. The van der Waals surface area contributed by atoms with Crippen LogP contribution in [0.25, 0.3) is 10.9 Å². The molecular weight excluding hydrogens is 362 g/mol. The van der Waals surface area contributed by atoms with Crippen molar-refractivity contribution in [2.75, 3.05) is 19.6 Å². The van der Waals surface area contributed by atoms with Gasteiger partial charge < -0.3 is 15.0 Å². The Hall–Kier alpha value is -2.14. The van der Waals surface area contributed by atoms with Crippen LogP contribution < -0.4 is 10.1 Å². The van der Waals surface area contributed by atoms with E-state index in [1.807, 2.05) is 12.3 Å². The first-order valence-electron chi connectivity index (χ1n) is 10.9. The predicted molar refractivity (Wildman–Crippen MR) is 118 cm³/mol. The number of fused-ring (bicyclic) bond motifs is 1. The van der Waals surface area contributed by atoms with Crippen molar-refractivity contribution in [3.8, 4) is 5.75 Å². The zero-order valence-corrected chi connectivity index (χ0v) is 18.3. The third-order valence-electron chi connectivity index (χ3n) is 5.51. The normalized spacial score (nSPS) is 16.1. The van der Waals surface area contributed by atoms with Crippen LogP contribution in [-0.4, -0.2) is 47.1 Å². The third-order valence-corrected chi connectivity index (χ3v) is 5.51. The van der Waals surface area contributed by atoms with E-state index in [2.05, 4.69) is 54.2 Å². The van der Waals surface area contributed by atoms with Crippen LogP contribution in [-0.2, 0) is 11.2 Å². The van der Waals surface area contributed by atoms with E-state index in [0.717, 1.165) is 55.5 Å². The van der Waals surface area contributed by atoms with Crippen molar-refractivity contribution in [2.45, 2.75) is 71.4 Å². The number of hydrogen-bond acceptors (Lipinski definition) is 4. The maximum Gasteiger partial charge on any atom is 0.217 e. The number of likely N-dealkylation sites (tertiary alicyclic amines) is 1. The first-order chi connectivity index (χ1) is 13.9. The number of amides is 1. The number of pyridine rings is 1. The molecule has 158 valence electrons. The maximum atomic E-state index is 11.4. The van der Waals surface area contributed by atoms with Crippen LogP contribution >= 0.6 is 0 Å². The van der Waals surface area contributed by atoms with E-state index in [9.17, 15) is 4.79 Å². The lowest BCUT2D eigenvalue weighted by atomic mass is 10.0. The van der Waals surface area contributed by atoms with Gasteiger partial charge in [-0.15, -0.1) is 0 Å². The summed E-state index contributed by atoms with van der Waals surface area (Å²) in [5.74, 6) is 0.946. The number of piperidine rings is 1. The van der Waals surface area contributed by atoms with E-state index < -0.39 is 0 Å². The van der Waals surface area contributed by atoms with E-state index >= 15 is 0 Å². The van der Waals surface area contributed by atoms with E-state index in [-0.39, 0.29) is 17.6 Å². The lowest BCUT2D eigenvalue weighted by molar-refractivity contribution is -0.120. The summed E-state index contributed by atoms with van der Waals surface area (Å²) in [6, 6.07) is 8.55. The summed E-state index contributed by atoms with van der Waals surface area (Å²) in [6.45, 7) is 10.8. The molecule has 2 aromatic rings. The zero-order valence-electron chi connectivity index (χ0n) is 18.3. The van der Waals surface area contributed by atoms with Gasteiger partial charge in [-0.3, -0.25) is 9.78 Å². The molecule has 0 spiro atoms. The summed E-state index contributed by atoms with van der Waals surface area (Å²) in [7, 11) is 0. The number of rotatable bonds is 8. The first-order valence-corrected chi connectivity index (χ1v) is 10.9. The van der Waals surface area contributed by atoms with Crippen molar-refractivity contribution in [2.24, 2.45) is 0 Å². The van der Waals surface area contributed by atoms with Gasteiger partial charge in [0.25, 0.3) is 0 Å². The van der Waals surface area contributed by atoms with Crippen LogP contribution in [0.1, 0.15) is 58.9 Å². The number of hydrogen-bond donors (Lipinski definition) is 1. The third kappa shape index (κ3) is 6.17. The molecule has 1 N–H and O–H groups in total. The minimum absolute atomic E-state index is 0.0237. The molecular formula is C24H35N3O2. The van der Waals surface area contributed by atoms with Crippen LogP contribution in [0.15, 0.2) is 30.5 Å². The molecule has 0 saturated carbocycles. The largest absolute Gasteiger partial charge is 0.488 e. The molecule has 5 nitrogen and oxygen atoms in total. The lowest BCUT2D eigenvalue weighted by Crippen LogP contribution is -2.53. The SMILES string of the molecule is CCCCc1cc(OC2CCN(CC(C)(C)NC(C)=O)CC2)c2ncccc2c1. The summed E-state index contributed by atoms with van der Waals surface area (Å²) in [5, 5.41) is 4.20. The van der Waals surface area contributed by atoms with Crippen LogP contribution in [0.2, 0.25) is 0 Å². The Labute approximate surface area is 174 Å². The van der Waals surface area contributed by atoms with Gasteiger partial charge in [-0.25, -0.2) is 0 Å². The van der Waals surface area contributed by atoms with Crippen molar-refractivity contribution >= 4 is 16.8 Å². The number of unbranched alkanes of at least 4 members (excludes halogenated alkanes) is 1. The summed E-state index contributed by atoms with van der Waals surface area (Å²) in [6.07, 6.45) is 7.49. The number of benzene rings is 1. The molecule has 1 fully saturated rings. The van der Waals surface area contributed by atoms with Crippen molar-refractivity contribution in [1.29, 1.82) is 0 Å². The number of aromatic nitrogens is 1. The standard InChI is InChI=1S/C24H35N3O2/c1-5-6-8-19-15-20-9-7-12-25-23(20)22(16-19)29-21-10-13-27(14-11-21)17-24(3,4)26-18(2)28/h7,9,12,15-16,21H,5-6,8,10-11,13-14,17H2,1-4H3,(H,26,28). The zero-order chi connectivity index (χ0) is 20.9. The molecule has 0 aliphatic carbocycles. The Kier molecular flexibility index (Phi) is 7.12. The molecule has 29 heavy (non-hydrogen) atoms. The molecule has 1 saturated heterocycles. The number of carbonyl (C=O) groups excluding carboxylic acids is 1. The van der Waals surface area contributed by atoms with Gasteiger partial charge in [0.05, 0.1) is 0 Å². The molecule has 1 aliphatic rings. The van der Waals surface area contributed by atoms with Crippen molar-refractivity contribution < 1.29 is 9.53 Å². The van der Waals surface area contributed by atoms with Crippen LogP contribution in [0, 0.1) is 0 Å². The summed E-state index contributed by atoms with van der Waals surface area (Å²) in [5.41, 5.74) is 2.08. The lowest BCUT2D eigenvalue weighted by Gasteiger charge is -2.37. The molecule has 1 aromatic carbocycles. The molecule has 5 heteroatoms. The fraction of sp³-hybridized carbons (Fsp3) is 0.583. The quantitative estimate of drug-likeness (QED) is 0.720. The molecule has 0 radical (unpaired) electrons.